The number of rotatable bonds is 6. The molecule has 1 amide bonds. The number of nitrogens with zero attached hydrogens (tertiary/aromatic N) is 2. The van der Waals surface area contributed by atoms with E-state index in [2.05, 4.69) is 26.5 Å². The van der Waals surface area contributed by atoms with E-state index in [1.807, 2.05) is 17.0 Å². The molecule has 1 N–H and O–H groups in total. The smallest absolute Gasteiger partial charge is 0.277 e. The highest BCUT2D eigenvalue weighted by Gasteiger charge is 2.15. The molecule has 2 aromatic rings. The minimum absolute atomic E-state index is 0.169. The Kier molecular flexibility index (Phi) is 6.78. The molecule has 1 fully saturated rings. The van der Waals surface area contributed by atoms with E-state index in [1.165, 1.54) is 12.3 Å². The van der Waals surface area contributed by atoms with Gasteiger partial charge >= 0.3 is 0 Å². The number of hydrazone groups is 1. The van der Waals surface area contributed by atoms with Gasteiger partial charge in [0.05, 0.1) is 25.1 Å². The van der Waals surface area contributed by atoms with Crippen LogP contribution in [0.25, 0.3) is 0 Å². The number of hydrogen-bond acceptors (Lipinski definition) is 5. The van der Waals surface area contributed by atoms with E-state index in [4.69, 9.17) is 9.47 Å². The summed E-state index contributed by atoms with van der Waals surface area (Å²) in [6.45, 7) is 2.35. The van der Waals surface area contributed by atoms with Gasteiger partial charge in [0.25, 0.3) is 5.91 Å². The summed E-state index contributed by atoms with van der Waals surface area (Å²) in [6, 6.07) is 12.0. The normalized spacial score (nSPS) is 14.4. The molecule has 0 spiro atoms. The molecule has 3 rings (SSSR count). The van der Waals surface area contributed by atoms with Gasteiger partial charge in [-0.1, -0.05) is 28.1 Å². The van der Waals surface area contributed by atoms with Crippen LogP contribution in [0.4, 0.5) is 10.1 Å². The van der Waals surface area contributed by atoms with Crippen molar-refractivity contribution >= 4 is 33.7 Å². The van der Waals surface area contributed by atoms with Gasteiger partial charge in [-0.15, -0.1) is 0 Å². The number of halogens is 2. The summed E-state index contributed by atoms with van der Waals surface area (Å²) >= 11 is 3.33. The van der Waals surface area contributed by atoms with Gasteiger partial charge in [-0.3, -0.25) is 4.79 Å². The van der Waals surface area contributed by atoms with Crippen LogP contribution in [0.15, 0.2) is 52.0 Å². The van der Waals surface area contributed by atoms with Crippen LogP contribution in [0.3, 0.4) is 0 Å². The van der Waals surface area contributed by atoms with Crippen LogP contribution < -0.4 is 15.1 Å². The molecule has 6 nitrogen and oxygen atoms in total. The van der Waals surface area contributed by atoms with Crippen molar-refractivity contribution in [2.24, 2.45) is 5.10 Å². The first-order valence-electron chi connectivity index (χ1n) is 8.44. The summed E-state index contributed by atoms with van der Waals surface area (Å²) in [6.07, 6.45) is 1.39. The maximum atomic E-state index is 14.3. The van der Waals surface area contributed by atoms with Crippen LogP contribution in [-0.2, 0) is 9.53 Å². The number of amides is 1. The van der Waals surface area contributed by atoms with Crippen molar-refractivity contribution in [1.29, 1.82) is 0 Å². The fraction of sp³-hybridized carbons (Fsp3) is 0.263. The molecule has 0 saturated carbocycles. The number of carbonyl (C=O) groups is 1. The van der Waals surface area contributed by atoms with Gasteiger partial charge < -0.3 is 14.4 Å². The van der Waals surface area contributed by atoms with Crippen molar-refractivity contribution in [3.8, 4) is 5.75 Å². The molecule has 0 unspecified atom stereocenters. The Morgan fingerprint density at radius 3 is 2.85 bits per heavy atom. The predicted molar refractivity (Wildman–Crippen MR) is 105 cm³/mol. The van der Waals surface area contributed by atoms with Crippen molar-refractivity contribution in [2.75, 3.05) is 37.8 Å². The summed E-state index contributed by atoms with van der Waals surface area (Å²) in [7, 11) is 0. The van der Waals surface area contributed by atoms with Crippen molar-refractivity contribution in [1.82, 2.24) is 5.43 Å². The third kappa shape index (κ3) is 5.77. The second kappa shape index (κ2) is 9.48. The van der Waals surface area contributed by atoms with E-state index < -0.39 is 5.91 Å². The highest BCUT2D eigenvalue weighted by Crippen LogP contribution is 2.21. The predicted octanol–water partition coefficient (Wildman–Crippen LogP) is 2.95. The van der Waals surface area contributed by atoms with Crippen LogP contribution in [0.1, 0.15) is 5.56 Å². The lowest BCUT2D eigenvalue weighted by Gasteiger charge is -2.29. The van der Waals surface area contributed by atoms with Crippen LogP contribution in [0.5, 0.6) is 5.75 Å². The first-order chi connectivity index (χ1) is 13.1. The zero-order chi connectivity index (χ0) is 19.1. The quantitative estimate of drug-likeness (QED) is 0.559. The Labute approximate surface area is 165 Å². The standard InChI is InChI=1S/C19H19BrFN3O3/c20-15-2-1-3-16(11-15)27-13-19(25)23-22-12-14-4-5-18(17(21)10-14)24-6-8-26-9-7-24/h1-5,10-12H,6-9,13H2,(H,23,25)/b22-12+. The molecule has 1 aliphatic rings. The number of anilines is 1. The average Bonchev–Trinajstić information content (AvgIpc) is 2.67. The third-order valence-electron chi connectivity index (χ3n) is 3.89. The molecular formula is C19H19BrFN3O3. The molecular weight excluding hydrogens is 417 g/mol. The minimum Gasteiger partial charge on any atom is -0.484 e. The molecule has 142 valence electrons. The zero-order valence-electron chi connectivity index (χ0n) is 14.5. The zero-order valence-corrected chi connectivity index (χ0v) is 16.1. The maximum Gasteiger partial charge on any atom is 0.277 e. The van der Waals surface area contributed by atoms with Gasteiger partial charge in [-0.05, 0) is 35.9 Å². The molecule has 0 aromatic heterocycles. The second-order valence-corrected chi connectivity index (χ2v) is 6.77. The fourth-order valence-electron chi connectivity index (χ4n) is 2.58. The van der Waals surface area contributed by atoms with Crippen LogP contribution in [-0.4, -0.2) is 45.0 Å². The molecule has 27 heavy (non-hydrogen) atoms. The Morgan fingerprint density at radius 2 is 2.11 bits per heavy atom. The molecule has 0 atom stereocenters. The molecule has 0 bridgehead atoms. The SMILES string of the molecule is O=C(COc1cccc(Br)c1)N/N=C/c1ccc(N2CCOCC2)c(F)c1. The van der Waals surface area contributed by atoms with Gasteiger partial charge in [-0.25, -0.2) is 9.82 Å². The van der Waals surface area contributed by atoms with Crippen LogP contribution >= 0.6 is 15.9 Å². The number of nitrogens with one attached hydrogen (secondary N) is 1. The maximum absolute atomic E-state index is 14.3. The van der Waals surface area contributed by atoms with Crippen molar-refractivity contribution < 1.29 is 18.7 Å². The lowest BCUT2D eigenvalue weighted by atomic mass is 10.2. The number of ether oxygens (including phenoxy) is 2. The Bertz CT molecular complexity index is 826. The lowest BCUT2D eigenvalue weighted by Crippen LogP contribution is -2.36. The molecule has 0 aliphatic carbocycles. The summed E-state index contributed by atoms with van der Waals surface area (Å²) in [5.41, 5.74) is 3.45. The van der Waals surface area contributed by atoms with Gasteiger partial charge in [0.2, 0.25) is 0 Å². The monoisotopic (exact) mass is 435 g/mol. The summed E-state index contributed by atoms with van der Waals surface area (Å²) in [5, 5.41) is 3.84. The molecule has 8 heteroatoms. The average molecular weight is 436 g/mol. The van der Waals surface area contributed by atoms with Crippen LogP contribution in [0.2, 0.25) is 0 Å². The van der Waals surface area contributed by atoms with Gasteiger partial charge in [0, 0.05) is 17.6 Å². The molecule has 1 saturated heterocycles. The second-order valence-electron chi connectivity index (χ2n) is 5.85. The summed E-state index contributed by atoms with van der Waals surface area (Å²) in [4.78, 5) is 13.7. The van der Waals surface area contributed by atoms with Crippen molar-refractivity contribution in [3.63, 3.8) is 0 Å². The number of hydrogen-bond donors (Lipinski definition) is 1. The largest absolute Gasteiger partial charge is 0.484 e. The highest BCUT2D eigenvalue weighted by molar-refractivity contribution is 9.10. The third-order valence-corrected chi connectivity index (χ3v) is 4.39. The minimum atomic E-state index is -0.406. The van der Waals surface area contributed by atoms with Gasteiger partial charge in [-0.2, -0.15) is 5.10 Å². The number of morpholine rings is 1. The van der Waals surface area contributed by atoms with E-state index in [9.17, 15) is 9.18 Å². The van der Waals surface area contributed by atoms with Crippen molar-refractivity contribution in [3.05, 3.63) is 58.3 Å². The van der Waals surface area contributed by atoms with E-state index in [0.717, 1.165) is 4.47 Å². The fourth-order valence-corrected chi connectivity index (χ4v) is 2.96. The highest BCUT2D eigenvalue weighted by atomic mass is 79.9. The Balaban J connectivity index is 1.50. The van der Waals surface area contributed by atoms with Gasteiger partial charge in [0.1, 0.15) is 11.6 Å². The first-order valence-corrected chi connectivity index (χ1v) is 9.23. The number of benzene rings is 2. The van der Waals surface area contributed by atoms with E-state index in [0.29, 0.717) is 43.3 Å². The summed E-state index contributed by atoms with van der Waals surface area (Å²) < 4.78 is 25.8. The van der Waals surface area contributed by atoms with Crippen LogP contribution in [0, 0.1) is 5.82 Å². The molecule has 0 radical (unpaired) electrons. The van der Waals surface area contributed by atoms with E-state index >= 15 is 0 Å². The first kappa shape index (κ1) is 19.3. The lowest BCUT2D eigenvalue weighted by molar-refractivity contribution is -0.123. The van der Waals surface area contributed by atoms with Crippen molar-refractivity contribution in [2.45, 2.75) is 0 Å². The Morgan fingerprint density at radius 1 is 1.30 bits per heavy atom. The molecule has 2 aromatic carbocycles. The number of carbonyl (C=O) groups excluding carboxylic acids is 1. The van der Waals surface area contributed by atoms with E-state index in [1.54, 1.807) is 24.3 Å². The van der Waals surface area contributed by atoms with E-state index in [-0.39, 0.29) is 12.4 Å². The summed E-state index contributed by atoms with van der Waals surface area (Å²) in [5.74, 6) is -0.161. The molecule has 1 aliphatic heterocycles. The molecule has 1 heterocycles. The Hall–Kier alpha value is -2.45. The topological polar surface area (TPSA) is 63.2 Å². The van der Waals surface area contributed by atoms with Gasteiger partial charge in [0.15, 0.2) is 6.61 Å².